The van der Waals surface area contributed by atoms with E-state index in [-0.39, 0.29) is 6.61 Å². The van der Waals surface area contributed by atoms with Gasteiger partial charge in [0.2, 0.25) is 0 Å². The van der Waals surface area contributed by atoms with Crippen LogP contribution < -0.4 is 0 Å². The second kappa shape index (κ2) is 5.42. The number of aliphatic hydroxyl groups is 4. The minimum atomic E-state index is -1.15. The van der Waals surface area contributed by atoms with Crippen LogP contribution in [0.25, 0.3) is 0 Å². The third-order valence-corrected chi connectivity index (χ3v) is 3.75. The molecule has 4 N–H and O–H groups in total. The van der Waals surface area contributed by atoms with Crippen molar-refractivity contribution >= 4 is 0 Å². The molecular formula is C11H24NO4+. The van der Waals surface area contributed by atoms with Crippen molar-refractivity contribution in [3.05, 3.63) is 0 Å². The van der Waals surface area contributed by atoms with Gasteiger partial charge in [-0.1, -0.05) is 13.3 Å². The molecule has 0 bridgehead atoms. The first-order chi connectivity index (χ1) is 7.46. The lowest BCUT2D eigenvalue weighted by atomic mass is 9.91. The zero-order chi connectivity index (χ0) is 12.3. The van der Waals surface area contributed by atoms with Crippen molar-refractivity contribution in [1.82, 2.24) is 0 Å². The van der Waals surface area contributed by atoms with Gasteiger partial charge in [-0.05, 0) is 6.42 Å². The van der Waals surface area contributed by atoms with Gasteiger partial charge in [-0.25, -0.2) is 0 Å². The Morgan fingerprint density at radius 1 is 1.19 bits per heavy atom. The molecule has 0 radical (unpaired) electrons. The SMILES string of the molecule is CCCC[N+]1(C)C[C@@H](O)[C@@H](O)[C@H](O)[C@H]1CO. The predicted octanol–water partition coefficient (Wildman–Crippen LogP) is -1.31. The van der Waals surface area contributed by atoms with Gasteiger partial charge in [-0.15, -0.1) is 0 Å². The van der Waals surface area contributed by atoms with E-state index in [1.807, 2.05) is 7.05 Å². The number of quaternary nitrogens is 1. The van der Waals surface area contributed by atoms with Crippen molar-refractivity contribution in [3.63, 3.8) is 0 Å². The first kappa shape index (κ1) is 13.9. The minimum Gasteiger partial charge on any atom is -0.390 e. The molecule has 0 amide bonds. The van der Waals surface area contributed by atoms with E-state index in [9.17, 15) is 20.4 Å². The monoisotopic (exact) mass is 234 g/mol. The second-order valence-corrected chi connectivity index (χ2v) is 5.04. The van der Waals surface area contributed by atoms with Crippen LogP contribution in [0.1, 0.15) is 19.8 Å². The Morgan fingerprint density at radius 3 is 2.31 bits per heavy atom. The summed E-state index contributed by atoms with van der Waals surface area (Å²) in [6.45, 7) is 3.07. The number of likely N-dealkylation sites (N-methyl/N-ethyl adjacent to an activating group) is 1. The summed E-state index contributed by atoms with van der Waals surface area (Å²) < 4.78 is 0.420. The lowest BCUT2D eigenvalue weighted by Gasteiger charge is -2.49. The molecule has 0 aromatic rings. The summed E-state index contributed by atoms with van der Waals surface area (Å²) in [7, 11) is 1.91. The molecule has 0 aliphatic carbocycles. The Morgan fingerprint density at radius 2 is 1.81 bits per heavy atom. The quantitative estimate of drug-likeness (QED) is 0.455. The molecule has 1 heterocycles. The molecule has 1 aliphatic heterocycles. The molecule has 1 saturated heterocycles. The molecule has 1 aliphatic rings. The van der Waals surface area contributed by atoms with Gasteiger partial charge in [0.1, 0.15) is 30.9 Å². The number of rotatable bonds is 4. The first-order valence-electron chi connectivity index (χ1n) is 5.95. The standard InChI is InChI=1S/C11H24NO4/c1-3-4-5-12(2)6-9(14)11(16)10(15)8(12)7-13/h8-11,13-16H,3-7H2,1-2H3/q+1/t8-,9-,10-,11-,12?/m1/s1. The van der Waals surface area contributed by atoms with Crippen LogP contribution in [0.4, 0.5) is 0 Å². The van der Waals surface area contributed by atoms with Gasteiger partial charge in [-0.2, -0.15) is 0 Å². The fourth-order valence-corrected chi connectivity index (χ4v) is 2.58. The van der Waals surface area contributed by atoms with Gasteiger partial charge >= 0.3 is 0 Å². The summed E-state index contributed by atoms with van der Waals surface area (Å²) in [6.07, 6.45) is -1.12. The Balaban J connectivity index is 2.80. The van der Waals surface area contributed by atoms with E-state index >= 15 is 0 Å². The number of aliphatic hydroxyl groups excluding tert-OH is 4. The van der Waals surface area contributed by atoms with Crippen LogP contribution >= 0.6 is 0 Å². The molecule has 5 nitrogen and oxygen atoms in total. The Hall–Kier alpha value is -0.200. The average Bonchev–Trinajstić information content (AvgIpc) is 2.24. The van der Waals surface area contributed by atoms with Crippen LogP contribution in [-0.4, -0.2) is 76.0 Å². The molecule has 0 saturated carbocycles. The van der Waals surface area contributed by atoms with Gasteiger partial charge < -0.3 is 24.9 Å². The highest BCUT2D eigenvalue weighted by Crippen LogP contribution is 2.25. The zero-order valence-corrected chi connectivity index (χ0v) is 10.1. The third kappa shape index (κ3) is 2.55. The summed E-state index contributed by atoms with van der Waals surface area (Å²) in [5.74, 6) is 0. The fourth-order valence-electron chi connectivity index (χ4n) is 2.58. The molecule has 16 heavy (non-hydrogen) atoms. The van der Waals surface area contributed by atoms with E-state index in [0.29, 0.717) is 11.0 Å². The summed E-state index contributed by atoms with van der Waals surface area (Å²) >= 11 is 0. The van der Waals surface area contributed by atoms with Crippen molar-refractivity contribution in [3.8, 4) is 0 Å². The minimum absolute atomic E-state index is 0.175. The molecule has 1 fully saturated rings. The summed E-state index contributed by atoms with van der Waals surface area (Å²) in [4.78, 5) is 0. The normalized spacial score (nSPS) is 44.6. The lowest BCUT2D eigenvalue weighted by molar-refractivity contribution is -0.946. The van der Waals surface area contributed by atoms with E-state index in [1.165, 1.54) is 0 Å². The molecule has 0 aromatic carbocycles. The fraction of sp³-hybridized carbons (Fsp3) is 1.00. The molecule has 5 atom stereocenters. The molecule has 0 aromatic heterocycles. The topological polar surface area (TPSA) is 80.9 Å². The van der Waals surface area contributed by atoms with Crippen LogP contribution in [0.5, 0.6) is 0 Å². The van der Waals surface area contributed by atoms with E-state index in [1.54, 1.807) is 0 Å². The number of hydrogen-bond acceptors (Lipinski definition) is 4. The maximum absolute atomic E-state index is 9.86. The van der Waals surface area contributed by atoms with Crippen LogP contribution in [0.3, 0.4) is 0 Å². The van der Waals surface area contributed by atoms with Crippen LogP contribution in [0, 0.1) is 0 Å². The molecular weight excluding hydrogens is 210 g/mol. The average molecular weight is 234 g/mol. The summed E-state index contributed by atoms with van der Waals surface area (Å²) in [5.41, 5.74) is 0. The maximum Gasteiger partial charge on any atom is 0.141 e. The van der Waals surface area contributed by atoms with Crippen molar-refractivity contribution in [2.75, 3.05) is 26.7 Å². The molecule has 1 unspecified atom stereocenters. The smallest absolute Gasteiger partial charge is 0.141 e. The Labute approximate surface area is 96.5 Å². The third-order valence-electron chi connectivity index (χ3n) is 3.75. The highest BCUT2D eigenvalue weighted by atomic mass is 16.4. The van der Waals surface area contributed by atoms with E-state index < -0.39 is 24.4 Å². The lowest BCUT2D eigenvalue weighted by Crippen LogP contribution is -2.70. The van der Waals surface area contributed by atoms with Crippen LogP contribution in [-0.2, 0) is 0 Å². The number of nitrogens with zero attached hydrogens (tertiary/aromatic N) is 1. The predicted molar refractivity (Wildman–Crippen MR) is 59.7 cm³/mol. The highest BCUT2D eigenvalue weighted by Gasteiger charge is 2.49. The van der Waals surface area contributed by atoms with Crippen molar-refractivity contribution in [2.45, 2.75) is 44.1 Å². The first-order valence-corrected chi connectivity index (χ1v) is 5.95. The number of unbranched alkanes of at least 4 members (excludes halogenated alkanes) is 1. The second-order valence-electron chi connectivity index (χ2n) is 5.04. The van der Waals surface area contributed by atoms with Gasteiger partial charge in [0, 0.05) is 0 Å². The van der Waals surface area contributed by atoms with Crippen LogP contribution in [0.2, 0.25) is 0 Å². The number of hydrogen-bond donors (Lipinski definition) is 4. The van der Waals surface area contributed by atoms with Crippen LogP contribution in [0.15, 0.2) is 0 Å². The van der Waals surface area contributed by atoms with E-state index in [4.69, 9.17) is 0 Å². The zero-order valence-electron chi connectivity index (χ0n) is 10.1. The summed E-state index contributed by atoms with van der Waals surface area (Å²) in [6, 6.07) is -0.412. The Kier molecular flexibility index (Phi) is 4.70. The van der Waals surface area contributed by atoms with Crippen molar-refractivity contribution < 1.29 is 24.9 Å². The van der Waals surface area contributed by atoms with Gasteiger partial charge in [-0.3, -0.25) is 0 Å². The van der Waals surface area contributed by atoms with Gasteiger partial charge in [0.05, 0.1) is 20.2 Å². The maximum atomic E-state index is 9.86. The molecule has 0 spiro atoms. The van der Waals surface area contributed by atoms with Crippen molar-refractivity contribution in [1.29, 1.82) is 0 Å². The number of piperidine rings is 1. The number of likely N-dealkylation sites (tertiary alicyclic amines) is 1. The molecule has 5 heteroatoms. The van der Waals surface area contributed by atoms with Crippen molar-refractivity contribution in [2.24, 2.45) is 0 Å². The molecule has 1 rings (SSSR count). The van der Waals surface area contributed by atoms with Gasteiger partial charge in [0.25, 0.3) is 0 Å². The van der Waals surface area contributed by atoms with E-state index in [2.05, 4.69) is 6.92 Å². The highest BCUT2D eigenvalue weighted by molar-refractivity contribution is 4.87. The summed E-state index contributed by atoms with van der Waals surface area (Å²) in [5, 5.41) is 38.5. The Bertz CT molecular complexity index is 226. The van der Waals surface area contributed by atoms with Gasteiger partial charge in [0.15, 0.2) is 0 Å². The molecule has 96 valence electrons. The van der Waals surface area contributed by atoms with E-state index in [0.717, 1.165) is 19.4 Å². The largest absolute Gasteiger partial charge is 0.390 e.